The van der Waals surface area contributed by atoms with E-state index in [1.54, 1.807) is 13.2 Å². The Hall–Kier alpha value is -1.92. The molecule has 0 radical (unpaired) electrons. The Labute approximate surface area is 116 Å². The van der Waals surface area contributed by atoms with E-state index in [9.17, 15) is 4.79 Å². The van der Waals surface area contributed by atoms with Crippen LogP contribution in [0.25, 0.3) is 10.9 Å². The predicted molar refractivity (Wildman–Crippen MR) is 73.2 cm³/mol. The normalized spacial score (nSPS) is 10.9. The summed E-state index contributed by atoms with van der Waals surface area (Å²) in [4.78, 5) is 16.0. The van der Waals surface area contributed by atoms with Gasteiger partial charge >= 0.3 is 11.7 Å². The van der Waals surface area contributed by atoms with Crippen molar-refractivity contribution in [1.82, 2.24) is 4.98 Å². The summed E-state index contributed by atoms with van der Waals surface area (Å²) < 4.78 is 20.4. The van der Waals surface area contributed by atoms with Gasteiger partial charge in [0.05, 0.1) is 30.7 Å². The molecular formula is C14H17NO5. The topological polar surface area (TPSA) is 70.8 Å². The van der Waals surface area contributed by atoms with Gasteiger partial charge in [-0.15, -0.1) is 0 Å². The molecule has 20 heavy (non-hydrogen) atoms. The van der Waals surface area contributed by atoms with Crippen molar-refractivity contribution in [2.75, 3.05) is 33.5 Å². The number of hydrogen-bond donors (Lipinski definition) is 0. The van der Waals surface area contributed by atoms with Crippen molar-refractivity contribution in [3.05, 3.63) is 34.2 Å². The molecule has 0 aliphatic carbocycles. The van der Waals surface area contributed by atoms with E-state index in [2.05, 4.69) is 4.98 Å². The highest BCUT2D eigenvalue weighted by molar-refractivity contribution is 5.80. The summed E-state index contributed by atoms with van der Waals surface area (Å²) in [6.07, 6.45) is -0.0385. The van der Waals surface area contributed by atoms with Gasteiger partial charge in [-0.25, -0.2) is 4.79 Å². The van der Waals surface area contributed by atoms with Crippen LogP contribution < -0.4 is 10.4 Å². The molecule has 0 saturated heterocycles. The molecule has 1 aromatic heterocycles. The number of nitrogens with zero attached hydrogens (tertiary/aromatic N) is 1. The van der Waals surface area contributed by atoms with E-state index in [1.807, 2.05) is 19.1 Å². The summed E-state index contributed by atoms with van der Waals surface area (Å²) in [7, 11) is 1.61. The molecule has 0 bridgehead atoms. The summed E-state index contributed by atoms with van der Waals surface area (Å²) >= 11 is 0. The van der Waals surface area contributed by atoms with E-state index in [4.69, 9.17) is 18.6 Å². The lowest BCUT2D eigenvalue weighted by Crippen LogP contribution is -2.12. The van der Waals surface area contributed by atoms with Gasteiger partial charge in [0.25, 0.3) is 0 Å². The molecule has 0 fully saturated rings. The molecular weight excluding hydrogens is 262 g/mol. The van der Waals surface area contributed by atoms with Gasteiger partial charge in [0.2, 0.25) is 0 Å². The number of fused-ring (bicyclic) bond motifs is 1. The molecule has 6 heteroatoms. The second-order valence-electron chi connectivity index (χ2n) is 4.19. The quantitative estimate of drug-likeness (QED) is 0.716. The highest BCUT2D eigenvalue weighted by Crippen LogP contribution is 2.15. The maximum atomic E-state index is 11.9. The molecule has 0 saturated carbocycles. The standard InChI is InChI=1S/C14H17NO5/c1-10-4-3-5-11-12(10)13(16)20-14(15-11)19-9-8-18-7-6-17-2/h3-5H,6-9H2,1-2H3. The number of methoxy groups -OCH3 is 1. The molecule has 2 rings (SSSR count). The SMILES string of the molecule is COCCOCCOc1nc2cccc(C)c2c(=O)o1. The van der Waals surface area contributed by atoms with E-state index in [0.717, 1.165) is 5.56 Å². The predicted octanol–water partition coefficient (Wildman–Crippen LogP) is 1.54. The fraction of sp³-hybridized carbons (Fsp3) is 0.429. The van der Waals surface area contributed by atoms with E-state index in [1.165, 1.54) is 0 Å². The van der Waals surface area contributed by atoms with Crippen LogP contribution in [0.4, 0.5) is 0 Å². The first kappa shape index (κ1) is 14.5. The van der Waals surface area contributed by atoms with Crippen LogP contribution in [0, 0.1) is 6.92 Å². The Balaban J connectivity index is 2.00. The van der Waals surface area contributed by atoms with Gasteiger partial charge in [0, 0.05) is 7.11 Å². The van der Waals surface area contributed by atoms with E-state index >= 15 is 0 Å². The van der Waals surface area contributed by atoms with Crippen molar-refractivity contribution >= 4 is 10.9 Å². The minimum Gasteiger partial charge on any atom is -0.448 e. The zero-order valence-electron chi connectivity index (χ0n) is 11.5. The monoisotopic (exact) mass is 279 g/mol. The van der Waals surface area contributed by atoms with Gasteiger partial charge in [-0.05, 0) is 18.6 Å². The van der Waals surface area contributed by atoms with Gasteiger partial charge < -0.3 is 18.6 Å². The zero-order valence-corrected chi connectivity index (χ0v) is 11.5. The molecule has 0 atom stereocenters. The fourth-order valence-corrected chi connectivity index (χ4v) is 1.76. The van der Waals surface area contributed by atoms with Gasteiger partial charge in [-0.1, -0.05) is 12.1 Å². The molecule has 0 N–H and O–H groups in total. The Kier molecular flexibility index (Phi) is 5.09. The number of benzene rings is 1. The minimum atomic E-state index is -0.441. The molecule has 1 heterocycles. The van der Waals surface area contributed by atoms with Crippen LogP contribution in [0.1, 0.15) is 5.56 Å². The van der Waals surface area contributed by atoms with E-state index < -0.39 is 5.63 Å². The van der Waals surface area contributed by atoms with Crippen molar-refractivity contribution in [2.45, 2.75) is 6.92 Å². The van der Waals surface area contributed by atoms with Crippen molar-refractivity contribution < 1.29 is 18.6 Å². The van der Waals surface area contributed by atoms with E-state index in [0.29, 0.717) is 30.7 Å². The summed E-state index contributed by atoms with van der Waals surface area (Å²) in [6, 6.07) is 5.42. The highest BCUT2D eigenvalue weighted by atomic mass is 16.6. The average Bonchev–Trinajstić information content (AvgIpc) is 2.42. The lowest BCUT2D eigenvalue weighted by atomic mass is 10.1. The molecule has 6 nitrogen and oxygen atoms in total. The Morgan fingerprint density at radius 2 is 2.00 bits per heavy atom. The Bertz CT molecular complexity index is 622. The third-order valence-corrected chi connectivity index (χ3v) is 2.73. The van der Waals surface area contributed by atoms with Gasteiger partial charge in [0.15, 0.2) is 0 Å². The number of hydrogen-bond acceptors (Lipinski definition) is 6. The number of aromatic nitrogens is 1. The summed E-state index contributed by atoms with van der Waals surface area (Å²) in [5.41, 5.74) is 0.957. The highest BCUT2D eigenvalue weighted by Gasteiger charge is 2.08. The molecule has 2 aromatic rings. The molecule has 108 valence electrons. The summed E-state index contributed by atoms with van der Waals surface area (Å²) in [5, 5.41) is 0.483. The smallest absolute Gasteiger partial charge is 0.397 e. The number of rotatable bonds is 7. The molecule has 1 aromatic carbocycles. The van der Waals surface area contributed by atoms with Gasteiger partial charge in [0.1, 0.15) is 6.61 Å². The van der Waals surface area contributed by atoms with E-state index in [-0.39, 0.29) is 12.7 Å². The molecule has 0 amide bonds. The van der Waals surface area contributed by atoms with Crippen LogP contribution in [-0.4, -0.2) is 38.5 Å². The second kappa shape index (κ2) is 7.02. The Morgan fingerprint density at radius 3 is 2.80 bits per heavy atom. The number of ether oxygens (including phenoxy) is 3. The maximum Gasteiger partial charge on any atom is 0.397 e. The zero-order chi connectivity index (χ0) is 14.4. The lowest BCUT2D eigenvalue weighted by Gasteiger charge is -2.06. The van der Waals surface area contributed by atoms with Crippen LogP contribution in [0.3, 0.4) is 0 Å². The van der Waals surface area contributed by atoms with Crippen LogP contribution >= 0.6 is 0 Å². The lowest BCUT2D eigenvalue weighted by molar-refractivity contribution is 0.0481. The fourth-order valence-electron chi connectivity index (χ4n) is 1.76. The second-order valence-corrected chi connectivity index (χ2v) is 4.19. The summed E-state index contributed by atoms with van der Waals surface area (Å²) in [6.45, 7) is 3.50. The molecule has 0 aliphatic rings. The average molecular weight is 279 g/mol. The van der Waals surface area contributed by atoms with Crippen LogP contribution in [0.15, 0.2) is 27.4 Å². The third kappa shape index (κ3) is 3.55. The maximum absolute atomic E-state index is 11.9. The van der Waals surface area contributed by atoms with Crippen molar-refractivity contribution in [3.63, 3.8) is 0 Å². The largest absolute Gasteiger partial charge is 0.448 e. The first-order chi connectivity index (χ1) is 9.72. The van der Waals surface area contributed by atoms with Crippen molar-refractivity contribution in [2.24, 2.45) is 0 Å². The van der Waals surface area contributed by atoms with Gasteiger partial charge in [-0.3, -0.25) is 0 Å². The first-order valence-corrected chi connectivity index (χ1v) is 6.32. The van der Waals surface area contributed by atoms with Crippen LogP contribution in [-0.2, 0) is 9.47 Å². The Morgan fingerprint density at radius 1 is 1.20 bits per heavy atom. The van der Waals surface area contributed by atoms with Crippen LogP contribution in [0.2, 0.25) is 0 Å². The minimum absolute atomic E-state index is 0.0385. The molecule has 0 spiro atoms. The van der Waals surface area contributed by atoms with Crippen LogP contribution in [0.5, 0.6) is 6.08 Å². The van der Waals surface area contributed by atoms with Gasteiger partial charge in [-0.2, -0.15) is 4.98 Å². The summed E-state index contributed by atoms with van der Waals surface area (Å²) in [5.74, 6) is 0. The molecule has 0 aliphatic heterocycles. The number of aryl methyl sites for hydroxylation is 1. The van der Waals surface area contributed by atoms with Crippen molar-refractivity contribution in [1.29, 1.82) is 0 Å². The first-order valence-electron chi connectivity index (χ1n) is 6.32. The molecule has 0 unspecified atom stereocenters. The van der Waals surface area contributed by atoms with Crippen molar-refractivity contribution in [3.8, 4) is 6.08 Å². The third-order valence-electron chi connectivity index (χ3n) is 2.73.